The Hall–Kier alpha value is -3.05. The number of aliphatic hydroxyl groups is 6. The minimum absolute atomic E-state index is 0.0633. The van der Waals surface area contributed by atoms with Gasteiger partial charge in [-0.05, 0) is 31.5 Å². The van der Waals surface area contributed by atoms with Crippen LogP contribution in [0.4, 0.5) is 0 Å². The van der Waals surface area contributed by atoms with Crippen LogP contribution in [0.5, 0.6) is 23.0 Å². The van der Waals surface area contributed by atoms with E-state index in [-0.39, 0.29) is 22.8 Å². The second-order valence-electron chi connectivity index (χ2n) is 10.3. The number of phenolic OH excluding ortho intramolecular Hbond substituents is 2. The summed E-state index contributed by atoms with van der Waals surface area (Å²) in [7, 11) is 0. The van der Waals surface area contributed by atoms with Crippen LogP contribution in [0.25, 0.3) is 0 Å². The summed E-state index contributed by atoms with van der Waals surface area (Å²) in [5.41, 5.74) is 0.0544. The number of aliphatic hydroxyl groups excluding tert-OH is 6. The van der Waals surface area contributed by atoms with Gasteiger partial charge in [0.2, 0.25) is 12.1 Å². The van der Waals surface area contributed by atoms with Crippen LogP contribution in [-0.4, -0.2) is 114 Å². The van der Waals surface area contributed by atoms with Crippen molar-refractivity contribution in [2.75, 3.05) is 0 Å². The molecule has 2 aromatic rings. The van der Waals surface area contributed by atoms with Gasteiger partial charge in [-0.25, -0.2) is 0 Å². The lowest BCUT2D eigenvalue weighted by Gasteiger charge is -2.42. The predicted molar refractivity (Wildman–Crippen MR) is 134 cm³/mol. The highest BCUT2D eigenvalue weighted by atomic mass is 16.7. The Labute approximate surface area is 233 Å². The van der Waals surface area contributed by atoms with Gasteiger partial charge in [0.1, 0.15) is 65.2 Å². The molecule has 0 amide bonds. The Morgan fingerprint density at radius 1 is 0.732 bits per heavy atom. The van der Waals surface area contributed by atoms with E-state index < -0.39 is 85.2 Å². The molecule has 3 aliphatic rings. The van der Waals surface area contributed by atoms with Crippen LogP contribution in [0.15, 0.2) is 36.4 Å². The summed E-state index contributed by atoms with van der Waals surface area (Å²) in [6.07, 6.45) is -16.9. The molecule has 224 valence electrons. The molecule has 2 fully saturated rings. The standard InChI is InChI=1S/C27H32O14/c1-9-17(30)20(33)22(35)26(37-9)39-13-7-14(29)16-15(8-13)40-24(11-3-5-12(28)6-4-11)25(19(16)32)41-27-23(36)21(34)18(31)10(2)38-27/h3-10,17-18,20-31,33-36H,1-2H3/t9-,10-,17-,18-,20+,21+,22+,23+,24+,25+,26-,27-/m1/s1. The first-order valence-corrected chi connectivity index (χ1v) is 13.0. The van der Waals surface area contributed by atoms with Crippen molar-refractivity contribution in [1.29, 1.82) is 0 Å². The number of ether oxygens (including phenoxy) is 5. The molecule has 5 rings (SSSR count). The number of hydrogen-bond acceptors (Lipinski definition) is 14. The zero-order valence-electron chi connectivity index (χ0n) is 21.9. The van der Waals surface area contributed by atoms with Crippen molar-refractivity contribution in [1.82, 2.24) is 0 Å². The maximum atomic E-state index is 13.7. The normalized spacial score (nSPS) is 39.1. The zero-order chi connectivity index (χ0) is 29.7. The molecule has 0 aromatic heterocycles. The van der Waals surface area contributed by atoms with Gasteiger partial charge < -0.3 is 64.5 Å². The van der Waals surface area contributed by atoms with Crippen molar-refractivity contribution in [2.45, 2.75) is 87.5 Å². The van der Waals surface area contributed by atoms with Crippen LogP contribution >= 0.6 is 0 Å². The number of phenols is 2. The van der Waals surface area contributed by atoms with E-state index in [1.165, 1.54) is 44.2 Å². The van der Waals surface area contributed by atoms with Crippen LogP contribution in [0.3, 0.4) is 0 Å². The lowest BCUT2D eigenvalue weighted by atomic mass is 9.92. The zero-order valence-corrected chi connectivity index (χ0v) is 21.9. The van der Waals surface area contributed by atoms with Gasteiger partial charge in [-0.3, -0.25) is 4.79 Å². The van der Waals surface area contributed by atoms with Gasteiger partial charge in [0.05, 0.1) is 12.2 Å². The number of hydrogen-bond donors (Lipinski definition) is 8. The molecule has 41 heavy (non-hydrogen) atoms. The molecule has 3 aliphatic heterocycles. The second kappa shape index (κ2) is 11.3. The molecule has 0 radical (unpaired) electrons. The first-order valence-electron chi connectivity index (χ1n) is 13.0. The summed E-state index contributed by atoms with van der Waals surface area (Å²) >= 11 is 0. The minimum Gasteiger partial charge on any atom is -0.508 e. The largest absolute Gasteiger partial charge is 0.508 e. The molecule has 14 heteroatoms. The van der Waals surface area contributed by atoms with Gasteiger partial charge in [-0.1, -0.05) is 12.1 Å². The second-order valence-corrected chi connectivity index (χ2v) is 10.3. The van der Waals surface area contributed by atoms with Crippen LogP contribution < -0.4 is 9.47 Å². The summed E-state index contributed by atoms with van der Waals surface area (Å²) in [4.78, 5) is 13.7. The highest BCUT2D eigenvalue weighted by Gasteiger charge is 2.49. The van der Waals surface area contributed by atoms with Crippen molar-refractivity contribution in [2.24, 2.45) is 0 Å². The quantitative estimate of drug-likeness (QED) is 0.209. The minimum atomic E-state index is -1.72. The van der Waals surface area contributed by atoms with Crippen LogP contribution in [-0.2, 0) is 14.2 Å². The van der Waals surface area contributed by atoms with Crippen molar-refractivity contribution < 1.29 is 69.3 Å². The number of carbonyl (C=O) groups is 1. The van der Waals surface area contributed by atoms with E-state index in [1.807, 2.05) is 0 Å². The first kappa shape index (κ1) is 29.4. The first-order chi connectivity index (χ1) is 19.4. The van der Waals surface area contributed by atoms with Crippen LogP contribution in [0, 0.1) is 0 Å². The number of aromatic hydroxyl groups is 2. The van der Waals surface area contributed by atoms with E-state index in [9.17, 15) is 45.6 Å². The molecule has 0 aliphatic carbocycles. The molecule has 2 saturated heterocycles. The molecule has 0 bridgehead atoms. The third kappa shape index (κ3) is 5.46. The summed E-state index contributed by atoms with van der Waals surface area (Å²) in [5, 5.41) is 81.6. The van der Waals surface area contributed by atoms with Gasteiger partial charge in [0, 0.05) is 12.1 Å². The van der Waals surface area contributed by atoms with E-state index in [0.29, 0.717) is 5.56 Å². The number of rotatable bonds is 5. The highest BCUT2D eigenvalue weighted by molar-refractivity contribution is 6.05. The maximum Gasteiger partial charge on any atom is 0.229 e. The van der Waals surface area contributed by atoms with Crippen LogP contribution in [0.1, 0.15) is 35.9 Å². The average molecular weight is 581 g/mol. The summed E-state index contributed by atoms with van der Waals surface area (Å²) in [6.45, 7) is 2.92. The molecular formula is C27H32O14. The Kier molecular flexibility index (Phi) is 8.13. The van der Waals surface area contributed by atoms with Gasteiger partial charge >= 0.3 is 0 Å². The molecule has 3 heterocycles. The Bertz CT molecular complexity index is 1250. The van der Waals surface area contributed by atoms with Crippen LogP contribution in [0.2, 0.25) is 0 Å². The lowest BCUT2D eigenvalue weighted by molar-refractivity contribution is -0.304. The number of Topliss-reactive ketones (excluding diaryl/α,β-unsaturated/α-hetero) is 1. The molecule has 12 atom stereocenters. The number of fused-ring (bicyclic) bond motifs is 1. The third-order valence-electron chi connectivity index (χ3n) is 7.46. The Morgan fingerprint density at radius 2 is 1.29 bits per heavy atom. The Balaban J connectivity index is 1.47. The predicted octanol–water partition coefficient (Wildman–Crippen LogP) is -1.17. The maximum absolute atomic E-state index is 13.7. The van der Waals surface area contributed by atoms with E-state index >= 15 is 0 Å². The summed E-state index contributed by atoms with van der Waals surface area (Å²) < 4.78 is 28.5. The number of carbonyl (C=O) groups excluding carboxylic acids is 1. The van der Waals surface area contributed by atoms with E-state index in [2.05, 4.69) is 0 Å². The van der Waals surface area contributed by atoms with Crippen molar-refractivity contribution in [3.63, 3.8) is 0 Å². The van der Waals surface area contributed by atoms with Crippen molar-refractivity contribution >= 4 is 5.78 Å². The van der Waals surface area contributed by atoms with E-state index in [0.717, 1.165) is 6.07 Å². The molecule has 8 N–H and O–H groups in total. The lowest BCUT2D eigenvalue weighted by Crippen LogP contribution is -2.59. The van der Waals surface area contributed by atoms with E-state index in [4.69, 9.17) is 23.7 Å². The fourth-order valence-electron chi connectivity index (χ4n) is 5.02. The fraction of sp³-hybridized carbons (Fsp3) is 0.519. The Morgan fingerprint density at radius 3 is 1.90 bits per heavy atom. The molecule has 2 aromatic carbocycles. The SMILES string of the molecule is C[C@H]1O[C@H](O[C@H]2C(=O)c3c(O)cc(O[C@H]4O[C@H](C)[C@@H](O)[C@H](O)[C@@H]4O)cc3O[C@H]2c2ccc(O)cc2)[C@@H](O)[C@@H](O)[C@@H]1O. The van der Waals surface area contributed by atoms with Crippen molar-refractivity contribution in [3.8, 4) is 23.0 Å². The van der Waals surface area contributed by atoms with E-state index in [1.54, 1.807) is 0 Å². The summed E-state index contributed by atoms with van der Waals surface area (Å²) in [6, 6.07) is 7.95. The molecule has 0 saturated carbocycles. The fourth-order valence-corrected chi connectivity index (χ4v) is 5.02. The van der Waals surface area contributed by atoms with Crippen molar-refractivity contribution in [3.05, 3.63) is 47.5 Å². The number of ketones is 1. The van der Waals surface area contributed by atoms with Gasteiger partial charge in [0.15, 0.2) is 18.5 Å². The summed E-state index contributed by atoms with van der Waals surface area (Å²) in [5.74, 6) is -1.68. The average Bonchev–Trinajstić information content (AvgIpc) is 2.93. The molecule has 14 nitrogen and oxygen atoms in total. The van der Waals surface area contributed by atoms with Gasteiger partial charge in [0.25, 0.3) is 0 Å². The molecule has 0 unspecified atom stereocenters. The van der Waals surface area contributed by atoms with Gasteiger partial charge in [-0.15, -0.1) is 0 Å². The third-order valence-corrected chi connectivity index (χ3v) is 7.46. The highest BCUT2D eigenvalue weighted by Crippen LogP contribution is 2.44. The molecule has 0 spiro atoms. The monoisotopic (exact) mass is 580 g/mol. The smallest absolute Gasteiger partial charge is 0.229 e. The topological polar surface area (TPSA) is 225 Å². The van der Waals surface area contributed by atoms with Gasteiger partial charge in [-0.2, -0.15) is 0 Å². The number of benzene rings is 2. The molecular weight excluding hydrogens is 548 g/mol.